The molecule has 0 aliphatic heterocycles. The quantitative estimate of drug-likeness (QED) is 0.799. The normalized spacial score (nSPS) is 12.9. The molecule has 3 nitrogen and oxygen atoms in total. The topological polar surface area (TPSA) is 54.4 Å². The van der Waals surface area contributed by atoms with Crippen LogP contribution in [0.1, 0.15) is 11.1 Å². The molecule has 1 unspecified atom stereocenters. The molecule has 4 heteroatoms. The Kier molecular flexibility index (Phi) is 3.80. The number of hydrogen-bond acceptors (Lipinski definition) is 2. The largest absolute Gasteiger partial charge is 0.478 e. The molecule has 15 heavy (non-hydrogen) atoms. The van der Waals surface area contributed by atoms with Crippen LogP contribution in [-0.4, -0.2) is 15.3 Å². The maximum atomic E-state index is 11.6. The zero-order valence-electron chi connectivity index (χ0n) is 8.56. The molecule has 0 aliphatic rings. The lowest BCUT2D eigenvalue weighted by Gasteiger charge is -2.01. The second kappa shape index (κ2) is 4.89. The molecule has 1 aromatic rings. The predicted octanol–water partition coefficient (Wildman–Crippen LogP) is 2.01. The Balaban J connectivity index is 2.92. The highest BCUT2D eigenvalue weighted by Gasteiger charge is 2.02. The summed E-state index contributed by atoms with van der Waals surface area (Å²) in [6.07, 6.45) is 0.894. The summed E-state index contributed by atoms with van der Waals surface area (Å²) in [7, 11) is -1.38. The number of benzene rings is 1. The van der Waals surface area contributed by atoms with E-state index in [1.165, 1.54) is 5.41 Å². The Morgan fingerprint density at radius 2 is 2.00 bits per heavy atom. The first-order valence-corrected chi connectivity index (χ1v) is 5.61. The lowest BCUT2D eigenvalue weighted by atomic mass is 10.1. The molecular weight excluding hydrogens is 212 g/mol. The third-order valence-corrected chi connectivity index (χ3v) is 3.15. The van der Waals surface area contributed by atoms with Crippen LogP contribution in [0.25, 0.3) is 0 Å². The second-order valence-corrected chi connectivity index (χ2v) is 4.52. The molecule has 0 bridgehead atoms. The molecular formula is C11H12O3S. The fraction of sp³-hybridized carbons (Fsp3) is 0.182. The minimum atomic E-state index is -1.38. The van der Waals surface area contributed by atoms with Crippen molar-refractivity contribution < 1.29 is 14.1 Å². The lowest BCUT2D eigenvalue weighted by molar-refractivity contribution is -0.131. The summed E-state index contributed by atoms with van der Waals surface area (Å²) in [6.45, 7) is 3.89. The van der Waals surface area contributed by atoms with Gasteiger partial charge in [-0.2, -0.15) is 0 Å². The second-order valence-electron chi connectivity index (χ2n) is 3.18. The summed E-state index contributed by atoms with van der Waals surface area (Å²) in [6, 6.07) is 5.42. The van der Waals surface area contributed by atoms with E-state index in [1.54, 1.807) is 12.1 Å². The van der Waals surface area contributed by atoms with Crippen molar-refractivity contribution in [3.63, 3.8) is 0 Å². The van der Waals surface area contributed by atoms with Gasteiger partial charge in [0.25, 0.3) is 0 Å². The Morgan fingerprint density at radius 1 is 1.33 bits per heavy atom. The average Bonchev–Trinajstić information content (AvgIpc) is 2.18. The van der Waals surface area contributed by atoms with Crippen LogP contribution >= 0.6 is 0 Å². The van der Waals surface area contributed by atoms with Gasteiger partial charge in [-0.15, -0.1) is 0 Å². The Labute approximate surface area is 90.9 Å². The summed E-state index contributed by atoms with van der Waals surface area (Å²) in [4.78, 5) is 10.9. The van der Waals surface area contributed by atoms with E-state index in [0.29, 0.717) is 4.90 Å². The smallest absolute Gasteiger partial charge is 0.328 e. The zero-order chi connectivity index (χ0) is 11.4. The highest BCUT2D eigenvalue weighted by Crippen LogP contribution is 2.13. The van der Waals surface area contributed by atoms with Gasteiger partial charge >= 0.3 is 5.97 Å². The van der Waals surface area contributed by atoms with Gasteiger partial charge in [-0.05, 0) is 37.1 Å². The van der Waals surface area contributed by atoms with Crippen molar-refractivity contribution in [1.29, 1.82) is 0 Å². The van der Waals surface area contributed by atoms with Crippen LogP contribution in [0.4, 0.5) is 0 Å². The number of carboxylic acid groups (broad SMARTS) is 1. The van der Waals surface area contributed by atoms with Gasteiger partial charge in [0.05, 0.1) is 10.8 Å². The zero-order valence-corrected chi connectivity index (χ0v) is 9.38. The van der Waals surface area contributed by atoms with Crippen molar-refractivity contribution in [1.82, 2.24) is 0 Å². The third-order valence-electron chi connectivity index (χ3n) is 2.04. The first kappa shape index (κ1) is 11.7. The third kappa shape index (κ3) is 3.32. The molecule has 0 amide bonds. The van der Waals surface area contributed by atoms with E-state index in [4.69, 9.17) is 5.11 Å². The van der Waals surface area contributed by atoms with Crippen LogP contribution in [-0.2, 0) is 15.6 Å². The highest BCUT2D eigenvalue weighted by atomic mass is 32.2. The SMILES string of the molecule is Cc1ccc(S(=O)/C=C/C(=O)O)cc1C. The van der Waals surface area contributed by atoms with E-state index < -0.39 is 16.8 Å². The summed E-state index contributed by atoms with van der Waals surface area (Å²) in [5.74, 6) is -1.09. The van der Waals surface area contributed by atoms with Gasteiger partial charge in [0.15, 0.2) is 0 Å². The molecule has 0 aromatic heterocycles. The monoisotopic (exact) mass is 224 g/mol. The van der Waals surface area contributed by atoms with Gasteiger partial charge in [0.2, 0.25) is 0 Å². The van der Waals surface area contributed by atoms with Crippen LogP contribution in [0.15, 0.2) is 34.6 Å². The lowest BCUT2D eigenvalue weighted by Crippen LogP contribution is -1.92. The molecule has 0 aliphatic carbocycles. The van der Waals surface area contributed by atoms with Crippen LogP contribution < -0.4 is 0 Å². The maximum absolute atomic E-state index is 11.6. The molecule has 1 aromatic carbocycles. The molecule has 0 fully saturated rings. The standard InChI is InChI=1S/C11H12O3S/c1-8-3-4-10(7-9(8)2)15(14)6-5-11(12)13/h3-7H,1-2H3,(H,12,13)/b6-5+. The maximum Gasteiger partial charge on any atom is 0.328 e. The van der Waals surface area contributed by atoms with E-state index in [2.05, 4.69) is 0 Å². The fourth-order valence-electron chi connectivity index (χ4n) is 1.04. The van der Waals surface area contributed by atoms with Crippen LogP contribution in [0, 0.1) is 13.8 Å². The number of aliphatic carboxylic acids is 1. The number of carboxylic acids is 1. The van der Waals surface area contributed by atoms with E-state index in [9.17, 15) is 9.00 Å². The Morgan fingerprint density at radius 3 is 2.53 bits per heavy atom. The average molecular weight is 224 g/mol. The van der Waals surface area contributed by atoms with Crippen molar-refractivity contribution in [3.8, 4) is 0 Å². The van der Waals surface area contributed by atoms with Crippen molar-refractivity contribution in [2.45, 2.75) is 18.7 Å². The molecule has 0 spiro atoms. The van der Waals surface area contributed by atoms with Crippen molar-refractivity contribution in [2.24, 2.45) is 0 Å². The van der Waals surface area contributed by atoms with Gasteiger partial charge in [0.1, 0.15) is 0 Å². The van der Waals surface area contributed by atoms with Gasteiger partial charge in [0, 0.05) is 16.4 Å². The number of hydrogen-bond donors (Lipinski definition) is 1. The molecule has 0 saturated carbocycles. The van der Waals surface area contributed by atoms with Crippen LogP contribution in [0.5, 0.6) is 0 Å². The van der Waals surface area contributed by atoms with Crippen molar-refractivity contribution >= 4 is 16.8 Å². The first-order valence-electron chi connectivity index (χ1n) is 4.39. The Bertz CT molecular complexity index is 435. The van der Waals surface area contributed by atoms with Crippen LogP contribution in [0.3, 0.4) is 0 Å². The summed E-state index contributed by atoms with van der Waals surface area (Å²) >= 11 is 0. The summed E-state index contributed by atoms with van der Waals surface area (Å²) in [5, 5.41) is 9.56. The molecule has 1 atom stereocenters. The summed E-state index contributed by atoms with van der Waals surface area (Å²) < 4.78 is 11.6. The van der Waals surface area contributed by atoms with Gasteiger partial charge in [-0.3, -0.25) is 0 Å². The number of rotatable bonds is 3. The van der Waals surface area contributed by atoms with E-state index in [1.807, 2.05) is 19.9 Å². The molecule has 0 radical (unpaired) electrons. The van der Waals surface area contributed by atoms with E-state index in [0.717, 1.165) is 17.2 Å². The molecule has 0 saturated heterocycles. The molecule has 1 rings (SSSR count). The number of carbonyl (C=O) groups is 1. The van der Waals surface area contributed by atoms with E-state index >= 15 is 0 Å². The molecule has 1 N–H and O–H groups in total. The summed E-state index contributed by atoms with van der Waals surface area (Å²) in [5.41, 5.74) is 2.17. The van der Waals surface area contributed by atoms with Gasteiger partial charge in [-0.25, -0.2) is 9.00 Å². The Hall–Kier alpha value is -1.42. The van der Waals surface area contributed by atoms with Gasteiger partial charge < -0.3 is 5.11 Å². The molecule has 0 heterocycles. The minimum absolute atomic E-state index is 0.621. The highest BCUT2D eigenvalue weighted by molar-refractivity contribution is 7.88. The van der Waals surface area contributed by atoms with E-state index in [-0.39, 0.29) is 0 Å². The molecule has 80 valence electrons. The van der Waals surface area contributed by atoms with Crippen LogP contribution in [0.2, 0.25) is 0 Å². The van der Waals surface area contributed by atoms with Gasteiger partial charge in [-0.1, -0.05) is 6.07 Å². The number of aryl methyl sites for hydroxylation is 2. The fourth-order valence-corrected chi connectivity index (χ4v) is 1.93. The first-order chi connectivity index (χ1) is 7.00. The van der Waals surface area contributed by atoms with Crippen molar-refractivity contribution in [3.05, 3.63) is 40.8 Å². The minimum Gasteiger partial charge on any atom is -0.478 e. The van der Waals surface area contributed by atoms with Crippen molar-refractivity contribution in [2.75, 3.05) is 0 Å². The predicted molar refractivity (Wildman–Crippen MR) is 59.1 cm³/mol.